The molecule has 0 heterocycles. The summed E-state index contributed by atoms with van der Waals surface area (Å²) in [5, 5.41) is 11.2. The van der Waals surface area contributed by atoms with Gasteiger partial charge in [0.15, 0.2) is 0 Å². The van der Waals surface area contributed by atoms with E-state index in [1.54, 1.807) is 30.3 Å². The Labute approximate surface area is 189 Å². The monoisotopic (exact) mass is 503 g/mol. The van der Waals surface area contributed by atoms with Gasteiger partial charge in [0.25, 0.3) is 10.0 Å². The van der Waals surface area contributed by atoms with Crippen LogP contribution in [0.4, 0.5) is 16.2 Å². The molecule has 0 bridgehead atoms. The number of benzene rings is 3. The molecule has 0 aliphatic carbocycles. The van der Waals surface area contributed by atoms with Crippen LogP contribution in [-0.2, 0) is 16.6 Å². The molecule has 0 unspecified atom stereocenters. The Balaban J connectivity index is 1.83. The van der Waals surface area contributed by atoms with E-state index in [0.717, 1.165) is 11.3 Å². The maximum Gasteiger partial charge on any atom is 0.404 e. The lowest BCUT2D eigenvalue weighted by Crippen LogP contribution is -2.34. The number of rotatable bonds is 9. The molecule has 31 heavy (non-hydrogen) atoms. The third kappa shape index (κ3) is 6.73. The lowest BCUT2D eigenvalue weighted by molar-refractivity contribution is 0.194. The Morgan fingerprint density at radius 3 is 2.42 bits per heavy atom. The summed E-state index contributed by atoms with van der Waals surface area (Å²) < 4.78 is 28.8. The first-order chi connectivity index (χ1) is 14.8. The standard InChI is InChI=1S/C22H22BrN3O4S/c23-18-8-4-11-21(14-18)31(29,30)25-19-9-5-10-20(15-19)26(13-12-24-22(27)28)16-17-6-2-1-3-7-17/h1-11,14-15,24-25H,12-13,16H2,(H,27,28). The highest BCUT2D eigenvalue weighted by Crippen LogP contribution is 2.24. The number of sulfonamides is 1. The quantitative estimate of drug-likeness (QED) is 0.398. The van der Waals surface area contributed by atoms with Crippen molar-refractivity contribution in [2.24, 2.45) is 0 Å². The minimum Gasteiger partial charge on any atom is -0.465 e. The van der Waals surface area contributed by atoms with E-state index in [1.165, 1.54) is 12.1 Å². The van der Waals surface area contributed by atoms with Crippen molar-refractivity contribution in [2.75, 3.05) is 22.7 Å². The average molecular weight is 504 g/mol. The highest BCUT2D eigenvalue weighted by Gasteiger charge is 2.16. The Bertz CT molecular complexity index is 1140. The number of carboxylic acid groups (broad SMARTS) is 1. The first kappa shape index (κ1) is 22.6. The maximum absolute atomic E-state index is 12.8. The molecule has 0 aliphatic heterocycles. The summed E-state index contributed by atoms with van der Waals surface area (Å²) >= 11 is 3.29. The van der Waals surface area contributed by atoms with E-state index < -0.39 is 16.1 Å². The minimum atomic E-state index is -3.75. The number of halogens is 1. The zero-order valence-electron chi connectivity index (χ0n) is 16.5. The topological polar surface area (TPSA) is 98.7 Å². The minimum absolute atomic E-state index is 0.152. The molecular formula is C22H22BrN3O4S. The van der Waals surface area contributed by atoms with E-state index in [9.17, 15) is 13.2 Å². The van der Waals surface area contributed by atoms with Gasteiger partial charge in [0, 0.05) is 29.8 Å². The molecular weight excluding hydrogens is 482 g/mol. The van der Waals surface area contributed by atoms with Crippen LogP contribution in [-0.4, -0.2) is 32.7 Å². The largest absolute Gasteiger partial charge is 0.465 e. The summed E-state index contributed by atoms with van der Waals surface area (Å²) in [5.41, 5.74) is 2.24. The fraction of sp³-hybridized carbons (Fsp3) is 0.136. The molecule has 162 valence electrons. The molecule has 0 saturated carbocycles. The fourth-order valence-electron chi connectivity index (χ4n) is 3.02. The Morgan fingerprint density at radius 2 is 1.71 bits per heavy atom. The van der Waals surface area contributed by atoms with Crippen molar-refractivity contribution in [1.29, 1.82) is 0 Å². The van der Waals surface area contributed by atoms with Crippen LogP contribution in [0.2, 0.25) is 0 Å². The number of amides is 1. The lowest BCUT2D eigenvalue weighted by Gasteiger charge is -2.25. The molecule has 0 fully saturated rings. The second-order valence-corrected chi connectivity index (χ2v) is 9.35. The Kier molecular flexibility index (Phi) is 7.54. The molecule has 0 saturated heterocycles. The second-order valence-electron chi connectivity index (χ2n) is 6.75. The molecule has 3 rings (SSSR count). The number of nitrogens with zero attached hydrogens (tertiary/aromatic N) is 1. The van der Waals surface area contributed by atoms with Crippen molar-refractivity contribution in [3.8, 4) is 0 Å². The summed E-state index contributed by atoms with van der Waals surface area (Å²) in [5.74, 6) is 0. The van der Waals surface area contributed by atoms with Gasteiger partial charge < -0.3 is 15.3 Å². The molecule has 0 atom stereocenters. The molecule has 3 aromatic rings. The van der Waals surface area contributed by atoms with Gasteiger partial charge in [-0.25, -0.2) is 13.2 Å². The third-order valence-electron chi connectivity index (χ3n) is 4.44. The molecule has 0 aliphatic rings. The van der Waals surface area contributed by atoms with Crippen LogP contribution in [0.1, 0.15) is 5.56 Å². The highest BCUT2D eigenvalue weighted by molar-refractivity contribution is 9.10. The molecule has 0 spiro atoms. The van der Waals surface area contributed by atoms with Crippen molar-refractivity contribution in [3.63, 3.8) is 0 Å². The molecule has 7 nitrogen and oxygen atoms in total. The predicted octanol–water partition coefficient (Wildman–Crippen LogP) is 4.52. The highest BCUT2D eigenvalue weighted by atomic mass is 79.9. The van der Waals surface area contributed by atoms with Gasteiger partial charge in [0.05, 0.1) is 10.6 Å². The number of nitrogens with one attached hydrogen (secondary N) is 2. The molecule has 0 aromatic heterocycles. The summed E-state index contributed by atoms with van der Waals surface area (Å²) in [6, 6.07) is 23.3. The van der Waals surface area contributed by atoms with E-state index in [1.807, 2.05) is 41.3 Å². The van der Waals surface area contributed by atoms with E-state index in [4.69, 9.17) is 5.11 Å². The zero-order valence-corrected chi connectivity index (χ0v) is 18.9. The smallest absolute Gasteiger partial charge is 0.404 e. The van der Waals surface area contributed by atoms with E-state index in [0.29, 0.717) is 23.2 Å². The van der Waals surface area contributed by atoms with E-state index in [2.05, 4.69) is 26.0 Å². The van der Waals surface area contributed by atoms with Crippen LogP contribution in [0.3, 0.4) is 0 Å². The fourth-order valence-corrected chi connectivity index (χ4v) is 4.66. The van der Waals surface area contributed by atoms with Gasteiger partial charge >= 0.3 is 6.09 Å². The third-order valence-corrected chi connectivity index (χ3v) is 6.32. The second kappa shape index (κ2) is 10.3. The zero-order chi connectivity index (χ0) is 22.3. The van der Waals surface area contributed by atoms with Gasteiger partial charge in [-0.3, -0.25) is 4.72 Å². The molecule has 9 heteroatoms. The molecule has 3 aromatic carbocycles. The average Bonchev–Trinajstić information content (AvgIpc) is 2.73. The lowest BCUT2D eigenvalue weighted by atomic mass is 10.2. The summed E-state index contributed by atoms with van der Waals surface area (Å²) in [6.07, 6.45) is -1.09. The summed E-state index contributed by atoms with van der Waals surface area (Å²) in [4.78, 5) is 13.0. The number of anilines is 2. The van der Waals surface area contributed by atoms with Gasteiger partial charge in [0.2, 0.25) is 0 Å². The van der Waals surface area contributed by atoms with Crippen LogP contribution in [0.25, 0.3) is 0 Å². The van der Waals surface area contributed by atoms with Gasteiger partial charge in [0.1, 0.15) is 0 Å². The summed E-state index contributed by atoms with van der Waals surface area (Å²) in [6.45, 7) is 1.20. The Hall–Kier alpha value is -3.04. The van der Waals surface area contributed by atoms with Gasteiger partial charge in [-0.2, -0.15) is 0 Å². The first-order valence-corrected chi connectivity index (χ1v) is 11.8. The first-order valence-electron chi connectivity index (χ1n) is 9.47. The Morgan fingerprint density at radius 1 is 0.968 bits per heavy atom. The normalized spacial score (nSPS) is 11.0. The number of hydrogen-bond donors (Lipinski definition) is 3. The SMILES string of the molecule is O=C(O)NCCN(Cc1ccccc1)c1cccc(NS(=O)(=O)c2cccc(Br)c2)c1. The molecule has 3 N–H and O–H groups in total. The maximum atomic E-state index is 12.8. The van der Waals surface area contributed by atoms with Crippen molar-refractivity contribution in [2.45, 2.75) is 11.4 Å². The van der Waals surface area contributed by atoms with Gasteiger partial charge in [-0.1, -0.05) is 58.4 Å². The van der Waals surface area contributed by atoms with Crippen molar-refractivity contribution < 1.29 is 18.3 Å². The van der Waals surface area contributed by atoms with Crippen LogP contribution in [0.5, 0.6) is 0 Å². The van der Waals surface area contributed by atoms with Gasteiger partial charge in [-0.15, -0.1) is 0 Å². The van der Waals surface area contributed by atoms with Crippen LogP contribution < -0.4 is 14.9 Å². The number of hydrogen-bond acceptors (Lipinski definition) is 4. The van der Waals surface area contributed by atoms with E-state index in [-0.39, 0.29) is 11.4 Å². The van der Waals surface area contributed by atoms with Crippen LogP contribution in [0, 0.1) is 0 Å². The van der Waals surface area contributed by atoms with Crippen LogP contribution in [0.15, 0.2) is 88.2 Å². The van der Waals surface area contributed by atoms with Crippen molar-refractivity contribution in [1.82, 2.24) is 5.32 Å². The van der Waals surface area contributed by atoms with Crippen molar-refractivity contribution >= 4 is 43.4 Å². The summed E-state index contributed by atoms with van der Waals surface area (Å²) in [7, 11) is -3.75. The van der Waals surface area contributed by atoms with E-state index >= 15 is 0 Å². The molecule has 0 radical (unpaired) electrons. The van der Waals surface area contributed by atoms with Crippen molar-refractivity contribution in [3.05, 3.63) is 88.9 Å². The van der Waals surface area contributed by atoms with Gasteiger partial charge in [-0.05, 0) is 42.0 Å². The molecule has 1 amide bonds. The number of carbonyl (C=O) groups is 1. The predicted molar refractivity (Wildman–Crippen MR) is 125 cm³/mol. The van der Waals surface area contributed by atoms with Crippen LogP contribution >= 0.6 is 15.9 Å².